The molecule has 0 saturated heterocycles. The Bertz CT molecular complexity index is 509. The van der Waals surface area contributed by atoms with Gasteiger partial charge in [-0.3, -0.25) is 9.48 Å². The maximum Gasteiger partial charge on any atom is 0.155 e. The molecule has 2 N–H and O–H groups in total. The molecule has 0 aliphatic heterocycles. The Morgan fingerprint density at radius 2 is 1.84 bits per heavy atom. The number of nitrogens with two attached hydrogens (primary N) is 1. The Kier molecular flexibility index (Phi) is 2.92. The summed E-state index contributed by atoms with van der Waals surface area (Å²) in [6.07, 6.45) is 5.99. The summed E-state index contributed by atoms with van der Waals surface area (Å²) in [6.45, 7) is 0. The fourth-order valence-electron chi connectivity index (χ4n) is 3.99. The summed E-state index contributed by atoms with van der Waals surface area (Å²) in [5.41, 5.74) is 7.27. The molecule has 0 amide bonds. The minimum Gasteiger partial charge on any atom is -0.383 e. The number of nitrogen functional groups attached to an aromatic ring is 1. The fraction of sp³-hybridized carbons (Fsp3) is 0.643. The van der Waals surface area contributed by atoms with Crippen LogP contribution in [0.5, 0.6) is 0 Å². The molecule has 2 fully saturated rings. The van der Waals surface area contributed by atoms with Crippen LogP contribution in [0.3, 0.4) is 0 Å². The lowest BCUT2D eigenvalue weighted by Gasteiger charge is -2.10. The zero-order valence-corrected chi connectivity index (χ0v) is 11.1. The second-order valence-electron chi connectivity index (χ2n) is 5.98. The third kappa shape index (κ3) is 1.88. The molecule has 1 heterocycles. The molecule has 0 spiro atoms. The number of anilines is 1. The molecule has 1 aromatic heterocycles. The second-order valence-corrected chi connectivity index (χ2v) is 5.98. The SMILES string of the molecule is Cn1nc(C2CC3CC(C=O)CC3C2)c(C=O)c1N. The van der Waals surface area contributed by atoms with E-state index in [-0.39, 0.29) is 5.92 Å². The monoisotopic (exact) mass is 261 g/mol. The van der Waals surface area contributed by atoms with Crippen LogP contribution in [0, 0.1) is 17.8 Å². The van der Waals surface area contributed by atoms with Gasteiger partial charge in [0.25, 0.3) is 0 Å². The van der Waals surface area contributed by atoms with Crippen LogP contribution in [0.1, 0.15) is 47.7 Å². The number of rotatable bonds is 3. The number of carbonyl (C=O) groups excluding carboxylic acids is 2. The average Bonchev–Trinajstić information content (AvgIpc) is 3.01. The summed E-state index contributed by atoms with van der Waals surface area (Å²) in [4.78, 5) is 22.0. The first-order valence-corrected chi connectivity index (χ1v) is 6.86. The van der Waals surface area contributed by atoms with Crippen molar-refractivity contribution in [2.45, 2.75) is 31.6 Å². The molecule has 0 bridgehead atoms. The van der Waals surface area contributed by atoms with Gasteiger partial charge in [0.2, 0.25) is 0 Å². The highest BCUT2D eigenvalue weighted by Gasteiger charge is 2.43. The molecule has 0 radical (unpaired) electrons. The van der Waals surface area contributed by atoms with E-state index in [0.29, 0.717) is 29.1 Å². The van der Waals surface area contributed by atoms with Crippen LogP contribution in [0.15, 0.2) is 0 Å². The van der Waals surface area contributed by atoms with Crippen LogP contribution in [0.2, 0.25) is 0 Å². The molecule has 2 saturated carbocycles. The standard InChI is InChI=1S/C14H19N3O2/c1-17-14(15)12(7-19)13(16-17)11-4-9-2-8(6-18)3-10(9)5-11/h6-11H,2-5,15H2,1H3. The van der Waals surface area contributed by atoms with E-state index in [4.69, 9.17) is 5.73 Å². The maximum absolute atomic E-state index is 11.2. The van der Waals surface area contributed by atoms with Crippen molar-refractivity contribution in [3.63, 3.8) is 0 Å². The van der Waals surface area contributed by atoms with Gasteiger partial charge in [0, 0.05) is 18.9 Å². The lowest BCUT2D eigenvalue weighted by atomic mass is 9.94. The first-order valence-electron chi connectivity index (χ1n) is 6.86. The smallest absolute Gasteiger partial charge is 0.155 e. The van der Waals surface area contributed by atoms with Crippen molar-refractivity contribution < 1.29 is 9.59 Å². The molecule has 5 nitrogen and oxygen atoms in total. The number of aldehydes is 2. The molecular formula is C14H19N3O2. The van der Waals surface area contributed by atoms with E-state index in [2.05, 4.69) is 5.10 Å². The van der Waals surface area contributed by atoms with E-state index in [9.17, 15) is 9.59 Å². The molecular weight excluding hydrogens is 242 g/mol. The van der Waals surface area contributed by atoms with Gasteiger partial charge >= 0.3 is 0 Å². The van der Waals surface area contributed by atoms with Crippen molar-refractivity contribution in [1.29, 1.82) is 0 Å². The van der Waals surface area contributed by atoms with Crippen molar-refractivity contribution in [3.05, 3.63) is 11.3 Å². The summed E-state index contributed by atoms with van der Waals surface area (Å²) >= 11 is 0. The van der Waals surface area contributed by atoms with E-state index >= 15 is 0 Å². The third-order valence-electron chi connectivity index (χ3n) is 4.91. The first-order chi connectivity index (χ1) is 9.13. The van der Waals surface area contributed by atoms with Crippen LogP contribution in [0.25, 0.3) is 0 Å². The van der Waals surface area contributed by atoms with Gasteiger partial charge in [-0.15, -0.1) is 0 Å². The Balaban J connectivity index is 1.82. The lowest BCUT2D eigenvalue weighted by Crippen LogP contribution is -2.03. The molecule has 2 atom stereocenters. The second kappa shape index (κ2) is 4.47. The normalized spacial score (nSPS) is 33.3. The fourth-order valence-corrected chi connectivity index (χ4v) is 3.99. The van der Waals surface area contributed by atoms with Gasteiger partial charge < -0.3 is 10.5 Å². The molecule has 2 unspecified atom stereocenters. The van der Waals surface area contributed by atoms with Gasteiger partial charge in [-0.05, 0) is 37.5 Å². The molecule has 2 aliphatic rings. The molecule has 102 valence electrons. The van der Waals surface area contributed by atoms with Gasteiger partial charge in [-0.2, -0.15) is 5.10 Å². The van der Waals surface area contributed by atoms with Gasteiger partial charge in [-0.25, -0.2) is 0 Å². The minimum atomic E-state index is 0.246. The van der Waals surface area contributed by atoms with Crippen molar-refractivity contribution >= 4 is 18.4 Å². The molecule has 3 rings (SSSR count). The number of fused-ring (bicyclic) bond motifs is 1. The van der Waals surface area contributed by atoms with Crippen molar-refractivity contribution in [2.75, 3.05) is 5.73 Å². The lowest BCUT2D eigenvalue weighted by molar-refractivity contribution is -0.111. The first kappa shape index (κ1) is 12.4. The molecule has 5 heteroatoms. The number of aryl methyl sites for hydroxylation is 1. The predicted molar refractivity (Wildman–Crippen MR) is 70.8 cm³/mol. The largest absolute Gasteiger partial charge is 0.383 e. The Hall–Kier alpha value is -1.65. The summed E-state index contributed by atoms with van der Waals surface area (Å²) in [5, 5.41) is 4.42. The van der Waals surface area contributed by atoms with Crippen LogP contribution in [-0.2, 0) is 11.8 Å². The van der Waals surface area contributed by atoms with Crippen LogP contribution in [0.4, 0.5) is 5.82 Å². The van der Waals surface area contributed by atoms with E-state index in [1.54, 1.807) is 11.7 Å². The number of aromatic nitrogens is 2. The number of hydrogen-bond donors (Lipinski definition) is 1. The van der Waals surface area contributed by atoms with E-state index < -0.39 is 0 Å². The molecule has 0 aromatic carbocycles. The maximum atomic E-state index is 11.2. The number of nitrogens with zero attached hydrogens (tertiary/aromatic N) is 2. The summed E-state index contributed by atoms with van der Waals surface area (Å²) in [6, 6.07) is 0. The Morgan fingerprint density at radius 3 is 2.37 bits per heavy atom. The zero-order chi connectivity index (χ0) is 13.6. The Morgan fingerprint density at radius 1 is 1.21 bits per heavy atom. The van der Waals surface area contributed by atoms with Crippen LogP contribution >= 0.6 is 0 Å². The molecule has 1 aromatic rings. The highest BCUT2D eigenvalue weighted by molar-refractivity contribution is 5.83. The van der Waals surface area contributed by atoms with Gasteiger partial charge in [-0.1, -0.05) is 0 Å². The third-order valence-corrected chi connectivity index (χ3v) is 4.91. The van der Waals surface area contributed by atoms with Crippen LogP contribution in [-0.4, -0.2) is 22.4 Å². The van der Waals surface area contributed by atoms with Crippen molar-refractivity contribution in [2.24, 2.45) is 24.8 Å². The Labute approximate surface area is 112 Å². The predicted octanol–water partition coefficient (Wildman–Crippen LogP) is 1.53. The zero-order valence-electron chi connectivity index (χ0n) is 11.1. The van der Waals surface area contributed by atoms with E-state index in [1.807, 2.05) is 0 Å². The minimum absolute atomic E-state index is 0.246. The molecule has 2 aliphatic carbocycles. The average molecular weight is 261 g/mol. The van der Waals surface area contributed by atoms with Crippen molar-refractivity contribution in [1.82, 2.24) is 9.78 Å². The number of hydrogen-bond acceptors (Lipinski definition) is 4. The number of carbonyl (C=O) groups is 2. The van der Waals surface area contributed by atoms with E-state index in [1.165, 1.54) is 0 Å². The summed E-state index contributed by atoms with van der Waals surface area (Å²) in [5.74, 6) is 2.25. The summed E-state index contributed by atoms with van der Waals surface area (Å²) in [7, 11) is 1.77. The van der Waals surface area contributed by atoms with Crippen molar-refractivity contribution in [3.8, 4) is 0 Å². The highest BCUT2D eigenvalue weighted by atomic mass is 16.1. The van der Waals surface area contributed by atoms with Gasteiger partial charge in [0.05, 0.1) is 11.3 Å². The quantitative estimate of drug-likeness (QED) is 0.837. The molecule has 19 heavy (non-hydrogen) atoms. The van der Waals surface area contributed by atoms with Gasteiger partial charge in [0.15, 0.2) is 6.29 Å². The highest BCUT2D eigenvalue weighted by Crippen LogP contribution is 2.52. The summed E-state index contributed by atoms with van der Waals surface area (Å²) < 4.78 is 1.58. The topological polar surface area (TPSA) is 78.0 Å². The van der Waals surface area contributed by atoms with E-state index in [0.717, 1.165) is 43.9 Å². The van der Waals surface area contributed by atoms with Gasteiger partial charge in [0.1, 0.15) is 12.1 Å². The van der Waals surface area contributed by atoms with Crippen LogP contribution < -0.4 is 5.73 Å².